The predicted molar refractivity (Wildman–Crippen MR) is 96.4 cm³/mol. The predicted octanol–water partition coefficient (Wildman–Crippen LogP) is 2.38. The lowest BCUT2D eigenvalue weighted by molar-refractivity contribution is -0.301. The first kappa shape index (κ1) is 22.8. The van der Waals surface area contributed by atoms with Crippen LogP contribution in [0.5, 0.6) is 0 Å². The third-order valence-corrected chi connectivity index (χ3v) is 4.86. The van der Waals surface area contributed by atoms with Gasteiger partial charge in [-0.2, -0.15) is 0 Å². The summed E-state index contributed by atoms with van der Waals surface area (Å²) in [6, 6.07) is 0. The standard InChI is InChI=1S/C19H38O6/c1-3-4-5-6-7-8-9-10-11-12-13-24-18-16(21)15(14-20)25-19(23-2)17(18)22/h15-22H,3-14H2,1-2H3/t15-,16+,17-,18+,19-/m1/s1. The van der Waals surface area contributed by atoms with Crippen LogP contribution in [-0.2, 0) is 14.2 Å². The van der Waals surface area contributed by atoms with Crippen LogP contribution in [0.15, 0.2) is 0 Å². The molecule has 0 saturated carbocycles. The third kappa shape index (κ3) is 8.33. The highest BCUT2D eigenvalue weighted by molar-refractivity contribution is 4.90. The molecule has 0 bridgehead atoms. The average molecular weight is 363 g/mol. The van der Waals surface area contributed by atoms with Gasteiger partial charge in [0.25, 0.3) is 0 Å². The van der Waals surface area contributed by atoms with Crippen molar-refractivity contribution in [3.8, 4) is 0 Å². The summed E-state index contributed by atoms with van der Waals surface area (Å²) in [7, 11) is 1.42. The molecule has 0 aromatic rings. The van der Waals surface area contributed by atoms with Gasteiger partial charge >= 0.3 is 0 Å². The van der Waals surface area contributed by atoms with Crippen LogP contribution < -0.4 is 0 Å². The number of methoxy groups -OCH3 is 1. The summed E-state index contributed by atoms with van der Waals surface area (Å²) in [4.78, 5) is 0. The van der Waals surface area contributed by atoms with Crippen molar-refractivity contribution < 1.29 is 29.5 Å². The molecule has 1 saturated heterocycles. The van der Waals surface area contributed by atoms with Crippen LogP contribution in [0.1, 0.15) is 71.1 Å². The lowest BCUT2D eigenvalue weighted by Gasteiger charge is -2.41. The maximum absolute atomic E-state index is 10.2. The van der Waals surface area contributed by atoms with Crippen LogP contribution in [0.25, 0.3) is 0 Å². The van der Waals surface area contributed by atoms with Crippen LogP contribution in [0, 0.1) is 0 Å². The Morgan fingerprint density at radius 3 is 1.92 bits per heavy atom. The summed E-state index contributed by atoms with van der Waals surface area (Å²) in [5.74, 6) is 0. The first-order chi connectivity index (χ1) is 12.2. The number of hydrogen-bond donors (Lipinski definition) is 3. The van der Waals surface area contributed by atoms with E-state index in [0.717, 1.165) is 12.8 Å². The fourth-order valence-corrected chi connectivity index (χ4v) is 3.25. The molecule has 5 atom stereocenters. The van der Waals surface area contributed by atoms with Gasteiger partial charge < -0.3 is 29.5 Å². The molecule has 0 unspecified atom stereocenters. The maximum atomic E-state index is 10.2. The van der Waals surface area contributed by atoms with Crippen molar-refractivity contribution in [3.05, 3.63) is 0 Å². The van der Waals surface area contributed by atoms with Crippen LogP contribution >= 0.6 is 0 Å². The quantitative estimate of drug-likeness (QED) is 0.411. The molecule has 150 valence electrons. The van der Waals surface area contributed by atoms with Gasteiger partial charge in [-0.1, -0.05) is 64.7 Å². The zero-order valence-corrected chi connectivity index (χ0v) is 15.9. The fraction of sp³-hybridized carbons (Fsp3) is 1.00. The molecule has 0 aromatic carbocycles. The van der Waals surface area contributed by atoms with Crippen molar-refractivity contribution in [2.75, 3.05) is 20.3 Å². The SMILES string of the molecule is CCCCCCCCCCCCO[C@H]1[C@@H](O)[C@@H](CO)O[C@@H](OC)[C@@H]1O. The first-order valence-corrected chi connectivity index (χ1v) is 9.92. The van der Waals surface area contributed by atoms with Gasteiger partial charge in [-0.05, 0) is 6.42 Å². The first-order valence-electron chi connectivity index (χ1n) is 9.92. The topological polar surface area (TPSA) is 88.4 Å². The lowest BCUT2D eigenvalue weighted by atomic mass is 9.99. The van der Waals surface area contributed by atoms with Crippen molar-refractivity contribution in [1.29, 1.82) is 0 Å². The van der Waals surface area contributed by atoms with E-state index >= 15 is 0 Å². The number of aliphatic hydroxyl groups excluding tert-OH is 3. The normalized spacial score (nSPS) is 29.9. The monoisotopic (exact) mass is 362 g/mol. The lowest BCUT2D eigenvalue weighted by Crippen LogP contribution is -2.59. The summed E-state index contributed by atoms with van der Waals surface area (Å²) in [6.07, 6.45) is 7.80. The van der Waals surface area contributed by atoms with Crippen molar-refractivity contribution in [1.82, 2.24) is 0 Å². The Hall–Kier alpha value is -0.240. The third-order valence-electron chi connectivity index (χ3n) is 4.86. The Kier molecular flexibility index (Phi) is 12.7. The van der Waals surface area contributed by atoms with Gasteiger partial charge in [0.15, 0.2) is 6.29 Å². The average Bonchev–Trinajstić information content (AvgIpc) is 2.62. The molecule has 0 aromatic heterocycles. The number of rotatable bonds is 14. The van der Waals surface area contributed by atoms with E-state index < -0.39 is 30.7 Å². The molecule has 0 amide bonds. The molecule has 6 nitrogen and oxygen atoms in total. The zero-order valence-electron chi connectivity index (χ0n) is 15.9. The minimum Gasteiger partial charge on any atom is -0.394 e. The Balaban J connectivity index is 2.11. The molecule has 0 spiro atoms. The smallest absolute Gasteiger partial charge is 0.186 e. The van der Waals surface area contributed by atoms with Gasteiger partial charge in [-0.15, -0.1) is 0 Å². The molecular weight excluding hydrogens is 324 g/mol. The summed E-state index contributed by atoms with van der Waals surface area (Å²) in [5, 5.41) is 29.6. The van der Waals surface area contributed by atoms with E-state index in [-0.39, 0.29) is 6.61 Å². The minimum atomic E-state index is -1.06. The molecular formula is C19H38O6. The number of aliphatic hydroxyl groups is 3. The number of hydrogen-bond acceptors (Lipinski definition) is 6. The van der Waals surface area contributed by atoms with Gasteiger partial charge in [0.1, 0.15) is 24.4 Å². The van der Waals surface area contributed by atoms with Crippen LogP contribution in [0.4, 0.5) is 0 Å². The van der Waals surface area contributed by atoms with Crippen LogP contribution in [0.2, 0.25) is 0 Å². The number of ether oxygens (including phenoxy) is 3. The molecule has 1 heterocycles. The van der Waals surface area contributed by atoms with E-state index in [1.807, 2.05) is 0 Å². The summed E-state index contributed by atoms with van der Waals surface area (Å²) >= 11 is 0. The largest absolute Gasteiger partial charge is 0.394 e. The van der Waals surface area contributed by atoms with Gasteiger partial charge in [0.2, 0.25) is 0 Å². The van der Waals surface area contributed by atoms with Crippen molar-refractivity contribution in [2.24, 2.45) is 0 Å². The molecule has 0 aliphatic carbocycles. The highest BCUT2D eigenvalue weighted by Crippen LogP contribution is 2.24. The van der Waals surface area contributed by atoms with E-state index in [9.17, 15) is 15.3 Å². The molecule has 25 heavy (non-hydrogen) atoms. The number of unbranched alkanes of at least 4 members (excludes halogenated alkanes) is 9. The summed E-state index contributed by atoms with van der Waals surface area (Å²) in [5.41, 5.74) is 0. The molecule has 3 N–H and O–H groups in total. The second-order valence-corrected chi connectivity index (χ2v) is 6.96. The second kappa shape index (κ2) is 13.9. The second-order valence-electron chi connectivity index (χ2n) is 6.96. The maximum Gasteiger partial charge on any atom is 0.186 e. The van der Waals surface area contributed by atoms with Crippen molar-refractivity contribution in [2.45, 2.75) is 102 Å². The molecule has 6 heteroatoms. The molecule has 1 rings (SSSR count). The van der Waals surface area contributed by atoms with Crippen molar-refractivity contribution in [3.63, 3.8) is 0 Å². The van der Waals surface area contributed by atoms with Crippen LogP contribution in [0.3, 0.4) is 0 Å². The van der Waals surface area contributed by atoms with E-state index in [1.54, 1.807) is 0 Å². The van der Waals surface area contributed by atoms with E-state index in [2.05, 4.69) is 6.92 Å². The molecule has 0 radical (unpaired) electrons. The Morgan fingerprint density at radius 1 is 0.840 bits per heavy atom. The van der Waals surface area contributed by atoms with E-state index in [1.165, 1.54) is 58.5 Å². The van der Waals surface area contributed by atoms with Gasteiger partial charge in [-0.3, -0.25) is 0 Å². The minimum absolute atomic E-state index is 0.341. The van der Waals surface area contributed by atoms with Gasteiger partial charge in [-0.25, -0.2) is 0 Å². The fourth-order valence-electron chi connectivity index (χ4n) is 3.25. The van der Waals surface area contributed by atoms with Crippen molar-refractivity contribution >= 4 is 0 Å². The summed E-state index contributed by atoms with van der Waals surface area (Å²) < 4.78 is 16.0. The highest BCUT2D eigenvalue weighted by atomic mass is 16.7. The molecule has 1 fully saturated rings. The Bertz CT molecular complexity index is 298. The molecule has 1 aliphatic heterocycles. The Labute approximate surface area is 152 Å². The van der Waals surface area contributed by atoms with E-state index in [4.69, 9.17) is 14.2 Å². The Morgan fingerprint density at radius 2 is 1.40 bits per heavy atom. The zero-order chi connectivity index (χ0) is 18.5. The van der Waals surface area contributed by atoms with Crippen LogP contribution in [-0.4, -0.2) is 66.3 Å². The van der Waals surface area contributed by atoms with Gasteiger partial charge in [0.05, 0.1) is 6.61 Å². The van der Waals surface area contributed by atoms with Gasteiger partial charge in [0, 0.05) is 13.7 Å². The summed E-state index contributed by atoms with van der Waals surface area (Å²) in [6.45, 7) is 2.37. The van der Waals surface area contributed by atoms with E-state index in [0.29, 0.717) is 6.61 Å². The molecule has 1 aliphatic rings. The highest BCUT2D eigenvalue weighted by Gasteiger charge is 2.45.